The lowest BCUT2D eigenvalue weighted by Crippen LogP contribution is -2.30. The molecule has 0 saturated heterocycles. The lowest BCUT2D eigenvalue weighted by Gasteiger charge is -2.18. The lowest BCUT2D eigenvalue weighted by molar-refractivity contribution is -0.167. The minimum atomic E-state index is -0.810. The zero-order valence-corrected chi connectivity index (χ0v) is 49.4. The number of ether oxygens (including phenoxy) is 3. The molecule has 0 aromatic heterocycles. The van der Waals surface area contributed by atoms with Crippen LogP contribution in [0.5, 0.6) is 0 Å². The van der Waals surface area contributed by atoms with Gasteiger partial charge in [-0.05, 0) is 128 Å². The highest BCUT2D eigenvalue weighted by molar-refractivity contribution is 5.71. The first kappa shape index (κ1) is 72.0. The molecule has 0 heterocycles. The van der Waals surface area contributed by atoms with Crippen molar-refractivity contribution >= 4 is 17.9 Å². The molecule has 0 radical (unpaired) electrons. The number of rotatable bonds is 54. The van der Waals surface area contributed by atoms with E-state index in [0.717, 1.165) is 154 Å². The number of carbonyl (C=O) groups excluding carboxylic acids is 3. The van der Waals surface area contributed by atoms with E-state index in [9.17, 15) is 14.4 Å². The summed E-state index contributed by atoms with van der Waals surface area (Å²) in [5, 5.41) is 0. The molecule has 432 valence electrons. The van der Waals surface area contributed by atoms with Gasteiger partial charge in [-0.3, -0.25) is 14.4 Å². The maximum absolute atomic E-state index is 12.8. The van der Waals surface area contributed by atoms with Crippen molar-refractivity contribution in [3.63, 3.8) is 0 Å². The molecule has 1 unspecified atom stereocenters. The Labute approximate surface area is 473 Å². The maximum atomic E-state index is 12.8. The van der Waals surface area contributed by atoms with Crippen LogP contribution in [0.25, 0.3) is 0 Å². The molecular weight excluding hydrogens is 949 g/mol. The van der Waals surface area contributed by atoms with E-state index < -0.39 is 6.10 Å². The van der Waals surface area contributed by atoms with E-state index in [4.69, 9.17) is 14.2 Å². The van der Waals surface area contributed by atoms with Gasteiger partial charge in [0.15, 0.2) is 6.10 Å². The Morgan fingerprint density at radius 2 is 0.506 bits per heavy atom. The van der Waals surface area contributed by atoms with E-state index >= 15 is 0 Å². The first-order valence-corrected chi connectivity index (χ1v) is 31.0. The third-order valence-electron chi connectivity index (χ3n) is 12.5. The van der Waals surface area contributed by atoms with Crippen molar-refractivity contribution in [1.29, 1.82) is 0 Å². The van der Waals surface area contributed by atoms with Crippen LogP contribution in [0, 0.1) is 0 Å². The molecular formula is C71H112O6. The molecule has 6 nitrogen and oxygen atoms in total. The van der Waals surface area contributed by atoms with Crippen molar-refractivity contribution in [3.8, 4) is 0 Å². The minimum Gasteiger partial charge on any atom is -0.462 e. The molecule has 0 aromatic carbocycles. The van der Waals surface area contributed by atoms with Crippen molar-refractivity contribution in [2.45, 2.75) is 258 Å². The predicted octanol–water partition coefficient (Wildman–Crippen LogP) is 21.3. The third kappa shape index (κ3) is 61.8. The summed E-state index contributed by atoms with van der Waals surface area (Å²) in [5.74, 6) is -0.972. The molecule has 77 heavy (non-hydrogen) atoms. The fourth-order valence-corrected chi connectivity index (χ4v) is 7.95. The van der Waals surface area contributed by atoms with E-state index in [1.807, 2.05) is 0 Å². The summed E-state index contributed by atoms with van der Waals surface area (Å²) < 4.78 is 16.8. The van der Waals surface area contributed by atoms with Crippen LogP contribution >= 0.6 is 0 Å². The summed E-state index contributed by atoms with van der Waals surface area (Å²) in [4.78, 5) is 38.1. The quantitative estimate of drug-likeness (QED) is 0.0261. The molecule has 1 atom stereocenters. The van der Waals surface area contributed by atoms with Gasteiger partial charge < -0.3 is 14.2 Å². The highest BCUT2D eigenvalue weighted by Crippen LogP contribution is 2.14. The van der Waals surface area contributed by atoms with E-state index in [-0.39, 0.29) is 31.1 Å². The summed E-state index contributed by atoms with van der Waals surface area (Å²) in [5.41, 5.74) is 0. The van der Waals surface area contributed by atoms with Gasteiger partial charge in [-0.2, -0.15) is 0 Å². The SMILES string of the molecule is CC/C=C\C/C=C\C/C=C\C/C=C\C/C=C\C/C=C\C/C=C\C/C=C\C/C=C\C/C=C\CCCCC(=O)OCC(COC(=O)CCCCCCCCCCCCC)OC(=O)CCCCCCC/C=C\C/C=C\C/C=C\CC. The first-order valence-electron chi connectivity index (χ1n) is 31.0. The van der Waals surface area contributed by atoms with Crippen LogP contribution < -0.4 is 0 Å². The van der Waals surface area contributed by atoms with Gasteiger partial charge in [-0.1, -0.05) is 262 Å². The van der Waals surface area contributed by atoms with E-state index in [1.165, 1.54) is 51.4 Å². The maximum Gasteiger partial charge on any atom is 0.306 e. The van der Waals surface area contributed by atoms with Crippen LogP contribution in [0.1, 0.15) is 252 Å². The average Bonchev–Trinajstić information content (AvgIpc) is 3.43. The number of allylic oxidation sites excluding steroid dienone is 26. The number of hydrogen-bond acceptors (Lipinski definition) is 6. The summed E-state index contributed by atoms with van der Waals surface area (Å²) in [6.07, 6.45) is 92.5. The Morgan fingerprint density at radius 1 is 0.273 bits per heavy atom. The van der Waals surface area contributed by atoms with E-state index in [1.54, 1.807) is 0 Å². The molecule has 0 aliphatic rings. The minimum absolute atomic E-state index is 0.103. The summed E-state index contributed by atoms with van der Waals surface area (Å²) in [6.45, 7) is 6.34. The van der Waals surface area contributed by atoms with Crippen LogP contribution in [-0.2, 0) is 28.6 Å². The molecule has 0 rings (SSSR count). The Morgan fingerprint density at radius 3 is 0.818 bits per heavy atom. The number of unbranched alkanes of at least 4 members (excludes halogenated alkanes) is 17. The third-order valence-corrected chi connectivity index (χ3v) is 12.5. The zero-order chi connectivity index (χ0) is 55.7. The normalized spacial score (nSPS) is 13.2. The van der Waals surface area contributed by atoms with Gasteiger partial charge in [0.2, 0.25) is 0 Å². The monoisotopic (exact) mass is 1060 g/mol. The number of carbonyl (C=O) groups is 3. The second-order valence-corrected chi connectivity index (χ2v) is 19.9. The second kappa shape index (κ2) is 63.6. The second-order valence-electron chi connectivity index (χ2n) is 19.9. The van der Waals surface area contributed by atoms with Gasteiger partial charge >= 0.3 is 17.9 Å². The van der Waals surface area contributed by atoms with Gasteiger partial charge in [-0.15, -0.1) is 0 Å². The predicted molar refractivity (Wildman–Crippen MR) is 334 cm³/mol. The summed E-state index contributed by atoms with van der Waals surface area (Å²) in [6, 6.07) is 0. The molecule has 0 fully saturated rings. The zero-order valence-electron chi connectivity index (χ0n) is 49.4. The molecule has 0 aliphatic carbocycles. The summed E-state index contributed by atoms with van der Waals surface area (Å²) >= 11 is 0. The lowest BCUT2D eigenvalue weighted by atomic mass is 10.1. The van der Waals surface area contributed by atoms with Crippen LogP contribution in [0.2, 0.25) is 0 Å². The van der Waals surface area contributed by atoms with E-state index in [0.29, 0.717) is 25.7 Å². The Balaban J connectivity index is 4.37. The van der Waals surface area contributed by atoms with Gasteiger partial charge in [0.25, 0.3) is 0 Å². The smallest absolute Gasteiger partial charge is 0.306 e. The van der Waals surface area contributed by atoms with Crippen LogP contribution in [0.4, 0.5) is 0 Å². The van der Waals surface area contributed by atoms with Gasteiger partial charge in [0.1, 0.15) is 13.2 Å². The number of hydrogen-bond donors (Lipinski definition) is 0. The molecule has 0 N–H and O–H groups in total. The topological polar surface area (TPSA) is 78.9 Å². The molecule has 0 spiro atoms. The Bertz CT molecular complexity index is 1740. The van der Waals surface area contributed by atoms with Crippen molar-refractivity contribution in [2.24, 2.45) is 0 Å². The summed E-state index contributed by atoms with van der Waals surface area (Å²) in [7, 11) is 0. The molecule has 6 heteroatoms. The van der Waals surface area contributed by atoms with Crippen molar-refractivity contribution in [2.75, 3.05) is 13.2 Å². The van der Waals surface area contributed by atoms with Gasteiger partial charge in [-0.25, -0.2) is 0 Å². The van der Waals surface area contributed by atoms with Gasteiger partial charge in [0.05, 0.1) is 0 Å². The molecule has 0 bridgehead atoms. The largest absolute Gasteiger partial charge is 0.462 e. The highest BCUT2D eigenvalue weighted by Gasteiger charge is 2.19. The van der Waals surface area contributed by atoms with E-state index in [2.05, 4.69) is 179 Å². The van der Waals surface area contributed by atoms with Crippen LogP contribution in [0.15, 0.2) is 158 Å². The average molecular weight is 1060 g/mol. The molecule has 0 aromatic rings. The highest BCUT2D eigenvalue weighted by atomic mass is 16.6. The molecule has 0 saturated carbocycles. The van der Waals surface area contributed by atoms with Crippen LogP contribution in [-0.4, -0.2) is 37.2 Å². The van der Waals surface area contributed by atoms with Crippen molar-refractivity contribution < 1.29 is 28.6 Å². The Hall–Kier alpha value is -4.97. The number of esters is 3. The molecule has 0 aliphatic heterocycles. The van der Waals surface area contributed by atoms with Crippen LogP contribution in [0.3, 0.4) is 0 Å². The fraction of sp³-hybridized carbons (Fsp3) is 0.592. The standard InChI is InChI=1S/C71H112O6/c1-4-7-10-13-16-19-22-24-26-27-28-29-30-31-32-33-34-35-36-37-38-39-40-41-42-43-45-46-49-52-55-58-61-64-70(73)76-67-68(66-75-69(72)63-60-57-54-51-48-21-18-15-12-9-6-3)77-71(74)65-62-59-56-53-50-47-44-25-23-20-17-14-11-8-5-2/h7-8,10-11,16-17,19-20,24-26,28-29,31-32,34-35,37-38,40-41,43-45,49,52,68H,4-6,9,12-15,18,21-23,27,30,33,36,39,42,46-48,50-51,53-67H2,1-3H3/b10-7-,11-8-,19-16-,20-17-,26-24-,29-28-,32-31-,35-34-,38-37-,41-40-,44-25-,45-43-,52-49-. The van der Waals surface area contributed by atoms with Crippen molar-refractivity contribution in [1.82, 2.24) is 0 Å². The van der Waals surface area contributed by atoms with Gasteiger partial charge in [0, 0.05) is 19.3 Å². The fourth-order valence-electron chi connectivity index (χ4n) is 7.95. The van der Waals surface area contributed by atoms with Crippen molar-refractivity contribution in [3.05, 3.63) is 158 Å². The Kier molecular flexibility index (Phi) is 59.5. The first-order chi connectivity index (χ1) is 38.0. The molecule has 0 amide bonds.